The maximum absolute atomic E-state index is 5.89. The van der Waals surface area contributed by atoms with Gasteiger partial charge in [0.25, 0.3) is 0 Å². The number of nitrogens with zero attached hydrogens (tertiary/aromatic N) is 2. The summed E-state index contributed by atoms with van der Waals surface area (Å²) in [5.41, 5.74) is 6.94. The smallest absolute Gasteiger partial charge is 0.188 e. The molecular weight excluding hydrogens is 252 g/mol. The number of nitrogens with two attached hydrogens (primary N) is 1. The Balaban J connectivity index is 2.50. The molecule has 1 fully saturated rings. The minimum Gasteiger partial charge on any atom is -0.379 e. The second kappa shape index (κ2) is 8.97. The Morgan fingerprint density at radius 1 is 1.40 bits per heavy atom. The molecule has 0 aromatic rings. The summed E-state index contributed by atoms with van der Waals surface area (Å²) in [6.07, 6.45) is 1.14. The molecule has 3 N–H and O–H groups in total. The lowest BCUT2D eigenvalue weighted by atomic mass is 10.0. The van der Waals surface area contributed by atoms with Gasteiger partial charge in [-0.2, -0.15) is 0 Å². The number of guanidine groups is 1. The summed E-state index contributed by atoms with van der Waals surface area (Å²) in [6.45, 7) is 15.4. The molecule has 116 valence electrons. The summed E-state index contributed by atoms with van der Waals surface area (Å²) in [6, 6.07) is 0.448. The Morgan fingerprint density at radius 3 is 2.60 bits per heavy atom. The van der Waals surface area contributed by atoms with Crippen molar-refractivity contribution < 1.29 is 4.74 Å². The van der Waals surface area contributed by atoms with Crippen molar-refractivity contribution in [2.45, 2.75) is 33.2 Å². The van der Waals surface area contributed by atoms with E-state index in [9.17, 15) is 0 Å². The van der Waals surface area contributed by atoms with Crippen LogP contribution in [0.2, 0.25) is 0 Å². The van der Waals surface area contributed by atoms with Crippen molar-refractivity contribution in [3.63, 3.8) is 0 Å². The first-order valence-corrected chi connectivity index (χ1v) is 7.49. The Morgan fingerprint density at radius 2 is 2.05 bits per heavy atom. The molecule has 0 spiro atoms. The molecule has 0 aromatic carbocycles. The van der Waals surface area contributed by atoms with Crippen molar-refractivity contribution in [3.8, 4) is 0 Å². The lowest BCUT2D eigenvalue weighted by molar-refractivity contribution is 0.0143. The van der Waals surface area contributed by atoms with Gasteiger partial charge >= 0.3 is 0 Å². The van der Waals surface area contributed by atoms with Crippen LogP contribution in [0.4, 0.5) is 0 Å². The fraction of sp³-hybridized carbons (Fsp3) is 0.800. The van der Waals surface area contributed by atoms with Crippen LogP contribution in [0.5, 0.6) is 0 Å². The van der Waals surface area contributed by atoms with Crippen molar-refractivity contribution in [2.24, 2.45) is 16.6 Å². The van der Waals surface area contributed by atoms with Crippen LogP contribution in [0.3, 0.4) is 0 Å². The van der Waals surface area contributed by atoms with E-state index in [4.69, 9.17) is 10.5 Å². The van der Waals surface area contributed by atoms with Gasteiger partial charge in [0.1, 0.15) is 0 Å². The number of ether oxygens (including phenoxy) is 1. The first-order valence-electron chi connectivity index (χ1n) is 7.49. The third-order valence-electron chi connectivity index (χ3n) is 3.35. The average molecular weight is 282 g/mol. The Hall–Kier alpha value is -1.07. The van der Waals surface area contributed by atoms with E-state index in [1.165, 1.54) is 0 Å². The van der Waals surface area contributed by atoms with E-state index in [1.807, 2.05) is 6.92 Å². The van der Waals surface area contributed by atoms with Gasteiger partial charge in [0, 0.05) is 25.7 Å². The maximum Gasteiger partial charge on any atom is 0.188 e. The van der Waals surface area contributed by atoms with Gasteiger partial charge in [-0.15, -0.1) is 0 Å². The molecule has 1 atom stereocenters. The fourth-order valence-electron chi connectivity index (χ4n) is 2.33. The van der Waals surface area contributed by atoms with Crippen molar-refractivity contribution in [2.75, 3.05) is 39.4 Å². The standard InChI is InChI=1S/C15H30N4O/c1-12(2)9-14(19-5-7-20-8-6-19)11-18-15(16)17-10-13(3)4/h12,14H,3,5-11H2,1-2,4H3,(H3,16,17,18). The topological polar surface area (TPSA) is 62.9 Å². The zero-order valence-corrected chi connectivity index (χ0v) is 13.2. The van der Waals surface area contributed by atoms with Gasteiger partial charge in [0.2, 0.25) is 0 Å². The van der Waals surface area contributed by atoms with Gasteiger partial charge in [-0.25, -0.2) is 0 Å². The summed E-state index contributed by atoms with van der Waals surface area (Å²) in [5, 5.41) is 3.08. The molecule has 1 unspecified atom stereocenters. The van der Waals surface area contributed by atoms with Crippen molar-refractivity contribution in [3.05, 3.63) is 12.2 Å². The van der Waals surface area contributed by atoms with Crippen molar-refractivity contribution >= 4 is 5.96 Å². The second-order valence-electron chi connectivity index (χ2n) is 5.97. The molecule has 0 amide bonds. The van der Waals surface area contributed by atoms with Crippen LogP contribution in [0.1, 0.15) is 27.2 Å². The Bertz CT molecular complexity index is 322. The second-order valence-corrected chi connectivity index (χ2v) is 5.97. The summed E-state index contributed by atoms with van der Waals surface area (Å²) in [7, 11) is 0. The zero-order valence-electron chi connectivity index (χ0n) is 13.2. The number of rotatable bonds is 7. The molecule has 20 heavy (non-hydrogen) atoms. The van der Waals surface area contributed by atoms with Crippen LogP contribution in [-0.4, -0.2) is 56.3 Å². The van der Waals surface area contributed by atoms with Crippen LogP contribution in [0.15, 0.2) is 17.1 Å². The van der Waals surface area contributed by atoms with Crippen molar-refractivity contribution in [1.29, 1.82) is 0 Å². The minimum absolute atomic E-state index is 0.448. The van der Waals surface area contributed by atoms with Gasteiger partial charge in [-0.3, -0.25) is 9.89 Å². The van der Waals surface area contributed by atoms with Gasteiger partial charge in [-0.05, 0) is 19.3 Å². The van der Waals surface area contributed by atoms with E-state index < -0.39 is 0 Å². The highest BCUT2D eigenvalue weighted by molar-refractivity contribution is 5.78. The third kappa shape index (κ3) is 6.91. The van der Waals surface area contributed by atoms with Gasteiger partial charge in [-0.1, -0.05) is 26.0 Å². The molecule has 0 aromatic heterocycles. The highest BCUT2D eigenvalue weighted by atomic mass is 16.5. The molecule has 1 aliphatic heterocycles. The molecule has 0 saturated carbocycles. The molecule has 1 saturated heterocycles. The number of nitrogens with one attached hydrogen (secondary N) is 1. The number of aliphatic imine (C=N–C) groups is 1. The fourth-order valence-corrected chi connectivity index (χ4v) is 2.33. The SMILES string of the molecule is C=C(C)CNC(N)=NCC(CC(C)C)N1CCOCC1. The first-order chi connectivity index (χ1) is 9.49. The lowest BCUT2D eigenvalue weighted by Gasteiger charge is -2.34. The van der Waals surface area contributed by atoms with Crippen LogP contribution in [0, 0.1) is 5.92 Å². The van der Waals surface area contributed by atoms with E-state index in [2.05, 4.69) is 35.6 Å². The summed E-state index contributed by atoms with van der Waals surface area (Å²) >= 11 is 0. The quantitative estimate of drug-likeness (QED) is 0.419. The third-order valence-corrected chi connectivity index (χ3v) is 3.35. The average Bonchev–Trinajstić information content (AvgIpc) is 2.41. The molecule has 0 aliphatic carbocycles. The summed E-state index contributed by atoms with van der Waals surface area (Å²) < 4.78 is 5.42. The largest absolute Gasteiger partial charge is 0.379 e. The molecule has 1 rings (SSSR count). The molecule has 1 heterocycles. The molecular formula is C15H30N4O. The minimum atomic E-state index is 0.448. The molecule has 5 heteroatoms. The van der Waals surface area contributed by atoms with Gasteiger partial charge in [0.05, 0.1) is 19.8 Å². The van der Waals surface area contributed by atoms with Gasteiger partial charge in [0.15, 0.2) is 5.96 Å². The summed E-state index contributed by atoms with van der Waals surface area (Å²) in [5.74, 6) is 1.16. The highest BCUT2D eigenvalue weighted by Crippen LogP contribution is 2.13. The molecule has 0 radical (unpaired) electrons. The first kappa shape index (κ1) is 17.0. The predicted molar refractivity (Wildman–Crippen MR) is 84.9 cm³/mol. The van der Waals surface area contributed by atoms with E-state index in [0.29, 0.717) is 24.5 Å². The monoisotopic (exact) mass is 282 g/mol. The van der Waals surface area contributed by atoms with E-state index in [0.717, 1.165) is 44.8 Å². The molecule has 1 aliphatic rings. The van der Waals surface area contributed by atoms with Crippen LogP contribution >= 0.6 is 0 Å². The van der Waals surface area contributed by atoms with E-state index in [-0.39, 0.29) is 0 Å². The normalized spacial score (nSPS) is 19.1. The maximum atomic E-state index is 5.89. The van der Waals surface area contributed by atoms with Crippen LogP contribution < -0.4 is 11.1 Å². The predicted octanol–water partition coefficient (Wildman–Crippen LogP) is 1.21. The zero-order chi connectivity index (χ0) is 15.0. The number of hydrogen-bond donors (Lipinski definition) is 2. The van der Waals surface area contributed by atoms with Gasteiger partial charge < -0.3 is 15.8 Å². The molecule has 0 bridgehead atoms. The lowest BCUT2D eigenvalue weighted by Crippen LogP contribution is -2.46. The highest BCUT2D eigenvalue weighted by Gasteiger charge is 2.21. The molecule has 5 nitrogen and oxygen atoms in total. The number of morpholine rings is 1. The van der Waals surface area contributed by atoms with E-state index in [1.54, 1.807) is 0 Å². The van der Waals surface area contributed by atoms with Crippen LogP contribution in [0.25, 0.3) is 0 Å². The Kier molecular flexibility index (Phi) is 7.62. The van der Waals surface area contributed by atoms with E-state index >= 15 is 0 Å². The number of hydrogen-bond acceptors (Lipinski definition) is 3. The van der Waals surface area contributed by atoms with Crippen LogP contribution in [-0.2, 0) is 4.74 Å². The summed E-state index contributed by atoms with van der Waals surface area (Å²) in [4.78, 5) is 6.96. The Labute approximate surface area is 123 Å². The van der Waals surface area contributed by atoms with Crippen molar-refractivity contribution in [1.82, 2.24) is 10.2 Å².